The largest absolute Gasteiger partial charge is 0.357 e. The molecular weight excluding hydrogens is 379 g/mol. The minimum absolute atomic E-state index is 0. The third kappa shape index (κ3) is 4.82. The van der Waals surface area contributed by atoms with Gasteiger partial charge in [-0.25, -0.2) is 4.99 Å². The van der Waals surface area contributed by atoms with E-state index in [0.29, 0.717) is 6.54 Å². The second kappa shape index (κ2) is 9.22. The number of unbranched alkanes of at least 4 members (excludes halogenated alkanes) is 1. The van der Waals surface area contributed by atoms with E-state index in [1.165, 1.54) is 19.3 Å². The number of hydrogen-bond acceptors (Lipinski definition) is 3. The summed E-state index contributed by atoms with van der Waals surface area (Å²) in [6.45, 7) is 7.85. The summed E-state index contributed by atoms with van der Waals surface area (Å²) in [5, 5.41) is 11.8. The van der Waals surface area contributed by atoms with Crippen LogP contribution in [0.25, 0.3) is 0 Å². The lowest BCUT2D eigenvalue weighted by Crippen LogP contribution is -2.39. The summed E-state index contributed by atoms with van der Waals surface area (Å²) in [4.78, 5) is 6.88. The first-order chi connectivity index (χ1) is 9.76. The van der Waals surface area contributed by atoms with Gasteiger partial charge in [0.25, 0.3) is 0 Å². The Morgan fingerprint density at radius 1 is 1.38 bits per heavy atom. The predicted molar refractivity (Wildman–Crippen MR) is 96.1 cm³/mol. The van der Waals surface area contributed by atoms with Crippen LogP contribution in [0.5, 0.6) is 0 Å². The highest BCUT2D eigenvalue weighted by molar-refractivity contribution is 14.0. The summed E-state index contributed by atoms with van der Waals surface area (Å²) in [6.07, 6.45) is 4.61. The van der Waals surface area contributed by atoms with Gasteiger partial charge in [0.1, 0.15) is 12.4 Å². The number of rotatable bonds is 6. The Morgan fingerprint density at radius 3 is 2.90 bits per heavy atom. The highest BCUT2D eigenvalue weighted by Crippen LogP contribution is 2.14. The molecule has 0 aliphatic carbocycles. The van der Waals surface area contributed by atoms with Crippen molar-refractivity contribution < 1.29 is 0 Å². The fourth-order valence-corrected chi connectivity index (χ4v) is 2.44. The van der Waals surface area contributed by atoms with E-state index in [-0.39, 0.29) is 24.0 Å². The predicted octanol–water partition coefficient (Wildman–Crippen LogP) is 2.04. The second-order valence-electron chi connectivity index (χ2n) is 5.23. The van der Waals surface area contributed by atoms with Gasteiger partial charge in [0, 0.05) is 33.1 Å². The Hall–Kier alpha value is -0.860. The average molecular weight is 406 g/mol. The van der Waals surface area contributed by atoms with Crippen LogP contribution in [0.2, 0.25) is 0 Å². The highest BCUT2D eigenvalue weighted by atomic mass is 127. The van der Waals surface area contributed by atoms with Crippen molar-refractivity contribution in [1.29, 1.82) is 0 Å². The van der Waals surface area contributed by atoms with Crippen LogP contribution < -0.4 is 5.32 Å². The first-order valence-electron chi connectivity index (χ1n) is 7.66. The molecule has 1 aliphatic rings. The maximum Gasteiger partial charge on any atom is 0.194 e. The molecule has 2 heterocycles. The van der Waals surface area contributed by atoms with Crippen LogP contribution in [0.15, 0.2) is 4.99 Å². The summed E-state index contributed by atoms with van der Waals surface area (Å²) >= 11 is 0. The third-order valence-corrected chi connectivity index (χ3v) is 3.60. The van der Waals surface area contributed by atoms with Gasteiger partial charge in [-0.3, -0.25) is 0 Å². The molecule has 0 bridgehead atoms. The first kappa shape index (κ1) is 18.2. The lowest BCUT2D eigenvalue weighted by atomic mass is 10.3. The molecule has 0 spiro atoms. The summed E-state index contributed by atoms with van der Waals surface area (Å²) < 4.78 is 2.21. The van der Waals surface area contributed by atoms with Crippen LogP contribution in [-0.4, -0.2) is 45.8 Å². The topological polar surface area (TPSA) is 58.3 Å². The standard InChI is InChI=1S/C14H26N6.HI/c1-4-6-9-19(3)14(15-5-2)16-11-13-18-17-12-8-7-10-20(12)13;/h4-11H2,1-3H3,(H,15,16);1H. The SMILES string of the molecule is CCCCN(C)C(=NCc1nnc2n1CCC2)NCC.I. The van der Waals surface area contributed by atoms with Crippen molar-refractivity contribution in [2.75, 3.05) is 20.1 Å². The van der Waals surface area contributed by atoms with E-state index in [1.54, 1.807) is 0 Å². The lowest BCUT2D eigenvalue weighted by Gasteiger charge is -2.21. The fourth-order valence-electron chi connectivity index (χ4n) is 2.44. The molecule has 1 aliphatic heterocycles. The van der Waals surface area contributed by atoms with Crippen molar-refractivity contribution in [3.8, 4) is 0 Å². The molecule has 0 saturated heterocycles. The molecular formula is C14H27IN6. The van der Waals surface area contributed by atoms with E-state index < -0.39 is 0 Å². The maximum absolute atomic E-state index is 4.69. The Morgan fingerprint density at radius 2 is 2.19 bits per heavy atom. The normalized spacial score (nSPS) is 13.8. The summed E-state index contributed by atoms with van der Waals surface area (Å²) in [5.74, 6) is 3.05. The van der Waals surface area contributed by atoms with Crippen molar-refractivity contribution in [2.45, 2.75) is 52.6 Å². The molecule has 2 rings (SSSR count). The number of nitrogens with zero attached hydrogens (tertiary/aromatic N) is 5. The first-order valence-corrected chi connectivity index (χ1v) is 7.66. The quantitative estimate of drug-likeness (QED) is 0.446. The van der Waals surface area contributed by atoms with Crippen LogP contribution in [-0.2, 0) is 19.5 Å². The smallest absolute Gasteiger partial charge is 0.194 e. The number of aliphatic imine (C=N–C) groups is 1. The Bertz CT molecular complexity index is 456. The van der Waals surface area contributed by atoms with Crippen LogP contribution in [0.4, 0.5) is 0 Å². The van der Waals surface area contributed by atoms with Gasteiger partial charge in [-0.1, -0.05) is 13.3 Å². The van der Waals surface area contributed by atoms with E-state index >= 15 is 0 Å². The molecule has 0 radical (unpaired) electrons. The molecule has 0 fully saturated rings. The zero-order valence-electron chi connectivity index (χ0n) is 13.3. The zero-order chi connectivity index (χ0) is 14.4. The number of aromatic nitrogens is 3. The van der Waals surface area contributed by atoms with Gasteiger partial charge in [-0.2, -0.15) is 0 Å². The minimum Gasteiger partial charge on any atom is -0.357 e. The highest BCUT2D eigenvalue weighted by Gasteiger charge is 2.17. The van der Waals surface area contributed by atoms with Crippen molar-refractivity contribution in [1.82, 2.24) is 25.0 Å². The Kier molecular flexibility index (Phi) is 7.98. The van der Waals surface area contributed by atoms with E-state index in [0.717, 1.165) is 43.7 Å². The zero-order valence-corrected chi connectivity index (χ0v) is 15.6. The van der Waals surface area contributed by atoms with Crippen molar-refractivity contribution in [3.63, 3.8) is 0 Å². The fraction of sp³-hybridized carbons (Fsp3) is 0.786. The van der Waals surface area contributed by atoms with Crippen LogP contribution in [0, 0.1) is 0 Å². The van der Waals surface area contributed by atoms with Crippen molar-refractivity contribution in [3.05, 3.63) is 11.6 Å². The van der Waals surface area contributed by atoms with Gasteiger partial charge in [0.2, 0.25) is 0 Å². The number of fused-ring (bicyclic) bond motifs is 1. The van der Waals surface area contributed by atoms with E-state index in [9.17, 15) is 0 Å². The van der Waals surface area contributed by atoms with Crippen molar-refractivity contribution >= 4 is 29.9 Å². The van der Waals surface area contributed by atoms with Gasteiger partial charge in [-0.15, -0.1) is 34.2 Å². The average Bonchev–Trinajstić information content (AvgIpc) is 3.04. The van der Waals surface area contributed by atoms with Crippen LogP contribution >= 0.6 is 24.0 Å². The lowest BCUT2D eigenvalue weighted by molar-refractivity contribution is 0.464. The minimum atomic E-state index is 0. The Labute approximate surface area is 144 Å². The number of halogens is 1. The molecule has 1 aromatic rings. The van der Waals surface area contributed by atoms with E-state index in [4.69, 9.17) is 4.99 Å². The van der Waals surface area contributed by atoms with Gasteiger partial charge in [0.05, 0.1) is 0 Å². The second-order valence-corrected chi connectivity index (χ2v) is 5.23. The molecule has 0 unspecified atom stereocenters. The maximum atomic E-state index is 4.69. The van der Waals surface area contributed by atoms with E-state index in [1.807, 2.05) is 0 Å². The molecule has 7 heteroatoms. The molecule has 6 nitrogen and oxygen atoms in total. The van der Waals surface area contributed by atoms with Crippen LogP contribution in [0.3, 0.4) is 0 Å². The number of nitrogens with one attached hydrogen (secondary N) is 1. The molecule has 1 aromatic heterocycles. The van der Waals surface area contributed by atoms with Gasteiger partial charge >= 0.3 is 0 Å². The molecule has 1 N–H and O–H groups in total. The monoisotopic (exact) mass is 406 g/mol. The molecule has 0 aromatic carbocycles. The van der Waals surface area contributed by atoms with Gasteiger partial charge < -0.3 is 14.8 Å². The number of hydrogen-bond donors (Lipinski definition) is 1. The molecule has 21 heavy (non-hydrogen) atoms. The molecule has 0 saturated carbocycles. The van der Waals surface area contributed by atoms with Crippen molar-refractivity contribution in [2.24, 2.45) is 4.99 Å². The summed E-state index contributed by atoms with van der Waals surface area (Å²) in [5.41, 5.74) is 0. The number of aryl methyl sites for hydroxylation is 1. The third-order valence-electron chi connectivity index (χ3n) is 3.60. The van der Waals surface area contributed by atoms with Gasteiger partial charge in [0.15, 0.2) is 11.8 Å². The molecule has 0 atom stereocenters. The molecule has 0 amide bonds. The Balaban J connectivity index is 0.00000220. The summed E-state index contributed by atoms with van der Waals surface area (Å²) in [7, 11) is 2.09. The number of guanidine groups is 1. The van der Waals surface area contributed by atoms with E-state index in [2.05, 4.69) is 45.9 Å². The molecule has 120 valence electrons. The summed E-state index contributed by atoms with van der Waals surface area (Å²) in [6, 6.07) is 0. The van der Waals surface area contributed by atoms with Crippen LogP contribution in [0.1, 0.15) is 44.8 Å². The van der Waals surface area contributed by atoms with Gasteiger partial charge in [-0.05, 0) is 19.8 Å².